The van der Waals surface area contributed by atoms with Gasteiger partial charge in [-0.3, -0.25) is 4.79 Å². The van der Waals surface area contributed by atoms with Crippen molar-refractivity contribution in [3.05, 3.63) is 59.9 Å². The van der Waals surface area contributed by atoms with Crippen LogP contribution in [0, 0.1) is 0 Å². The largest absolute Gasteiger partial charge is 0.397 e. The van der Waals surface area contributed by atoms with Gasteiger partial charge in [0.15, 0.2) is 5.69 Å². The smallest absolute Gasteiger partial charge is 0.274 e. The van der Waals surface area contributed by atoms with Gasteiger partial charge in [0.1, 0.15) is 0 Å². The summed E-state index contributed by atoms with van der Waals surface area (Å²) >= 11 is 0. The van der Waals surface area contributed by atoms with Crippen LogP contribution in [0.25, 0.3) is 0 Å². The Labute approximate surface area is 119 Å². The molecule has 1 aromatic carbocycles. The van der Waals surface area contributed by atoms with Crippen LogP contribution in [-0.2, 0) is 6.42 Å². The number of carbonyl (C=O) groups excluding carboxylic acids is 1. The average molecular weight is 269 g/mol. The minimum atomic E-state index is -0.110. The molecule has 0 radical (unpaired) electrons. The normalized spacial score (nSPS) is 10.2. The van der Waals surface area contributed by atoms with Gasteiger partial charge in [0.2, 0.25) is 0 Å². The van der Waals surface area contributed by atoms with E-state index in [9.17, 15) is 4.79 Å². The minimum Gasteiger partial charge on any atom is -0.397 e. The van der Waals surface area contributed by atoms with E-state index in [1.807, 2.05) is 25.1 Å². The molecule has 104 valence electrons. The Bertz CT molecular complexity index is 569. The van der Waals surface area contributed by atoms with Gasteiger partial charge in [-0.1, -0.05) is 30.3 Å². The number of likely N-dealkylation sites (N-methyl/N-ethyl adjacent to an activating group) is 1. The van der Waals surface area contributed by atoms with Crippen LogP contribution < -0.4 is 5.73 Å². The third-order valence-corrected chi connectivity index (χ3v) is 3.22. The van der Waals surface area contributed by atoms with E-state index in [0.29, 0.717) is 24.5 Å². The molecular weight excluding hydrogens is 250 g/mol. The molecule has 4 heteroatoms. The van der Waals surface area contributed by atoms with Gasteiger partial charge in [0.25, 0.3) is 5.91 Å². The summed E-state index contributed by atoms with van der Waals surface area (Å²) in [6.07, 6.45) is 2.42. The van der Waals surface area contributed by atoms with E-state index in [2.05, 4.69) is 17.1 Å². The van der Waals surface area contributed by atoms with Gasteiger partial charge in [-0.2, -0.15) is 0 Å². The highest BCUT2D eigenvalue weighted by atomic mass is 16.2. The quantitative estimate of drug-likeness (QED) is 0.906. The lowest BCUT2D eigenvalue weighted by Crippen LogP contribution is -2.33. The fraction of sp³-hybridized carbons (Fsp3) is 0.250. The fourth-order valence-corrected chi connectivity index (χ4v) is 2.06. The van der Waals surface area contributed by atoms with Gasteiger partial charge >= 0.3 is 0 Å². The van der Waals surface area contributed by atoms with Gasteiger partial charge in [0, 0.05) is 19.3 Å². The summed E-state index contributed by atoms with van der Waals surface area (Å²) in [6, 6.07) is 13.5. The number of rotatable bonds is 5. The van der Waals surface area contributed by atoms with E-state index in [0.717, 1.165) is 6.42 Å². The van der Waals surface area contributed by atoms with E-state index in [-0.39, 0.29) is 5.91 Å². The fourth-order valence-electron chi connectivity index (χ4n) is 2.06. The second kappa shape index (κ2) is 6.70. The van der Waals surface area contributed by atoms with Crippen molar-refractivity contribution in [3.8, 4) is 0 Å². The molecule has 0 aliphatic heterocycles. The van der Waals surface area contributed by atoms with Crippen molar-refractivity contribution in [1.82, 2.24) is 9.88 Å². The topological polar surface area (TPSA) is 59.2 Å². The third-order valence-electron chi connectivity index (χ3n) is 3.22. The Morgan fingerprint density at radius 1 is 1.20 bits per heavy atom. The second-order valence-corrected chi connectivity index (χ2v) is 4.56. The van der Waals surface area contributed by atoms with E-state index >= 15 is 0 Å². The molecule has 1 amide bonds. The Morgan fingerprint density at radius 2 is 1.95 bits per heavy atom. The highest BCUT2D eigenvalue weighted by Gasteiger charge is 2.17. The lowest BCUT2D eigenvalue weighted by Gasteiger charge is -2.21. The standard InChI is InChI=1S/C16H19N3O/c1-2-19(12-10-13-7-4-3-5-8-13)16(20)15-14(17)9-6-11-18-15/h3-9,11H,2,10,12,17H2,1H3. The number of pyridine rings is 1. The number of aromatic nitrogens is 1. The van der Waals surface area contributed by atoms with Crippen molar-refractivity contribution in [1.29, 1.82) is 0 Å². The molecule has 0 saturated carbocycles. The van der Waals surface area contributed by atoms with Crippen LogP contribution in [-0.4, -0.2) is 28.9 Å². The molecule has 0 bridgehead atoms. The molecule has 0 unspecified atom stereocenters. The van der Waals surface area contributed by atoms with Crippen LogP contribution >= 0.6 is 0 Å². The van der Waals surface area contributed by atoms with Gasteiger partial charge in [0.05, 0.1) is 5.69 Å². The zero-order chi connectivity index (χ0) is 14.4. The number of hydrogen-bond donors (Lipinski definition) is 1. The number of nitrogen functional groups attached to an aromatic ring is 1. The number of nitrogens with two attached hydrogens (primary N) is 1. The molecule has 0 aliphatic carbocycles. The van der Waals surface area contributed by atoms with E-state index in [4.69, 9.17) is 5.73 Å². The van der Waals surface area contributed by atoms with Gasteiger partial charge in [-0.05, 0) is 31.0 Å². The van der Waals surface area contributed by atoms with Crippen molar-refractivity contribution in [2.75, 3.05) is 18.8 Å². The molecule has 2 N–H and O–H groups in total. The maximum absolute atomic E-state index is 12.4. The van der Waals surface area contributed by atoms with Crippen molar-refractivity contribution < 1.29 is 4.79 Å². The van der Waals surface area contributed by atoms with Crippen LogP contribution in [0.1, 0.15) is 23.0 Å². The monoisotopic (exact) mass is 269 g/mol. The van der Waals surface area contributed by atoms with E-state index in [1.54, 1.807) is 23.2 Å². The average Bonchev–Trinajstić information content (AvgIpc) is 2.49. The molecule has 1 aromatic heterocycles. The molecule has 4 nitrogen and oxygen atoms in total. The summed E-state index contributed by atoms with van der Waals surface area (Å²) in [5.41, 5.74) is 7.79. The number of amides is 1. The lowest BCUT2D eigenvalue weighted by atomic mass is 10.1. The number of anilines is 1. The Balaban J connectivity index is 2.05. The first-order valence-corrected chi connectivity index (χ1v) is 6.76. The summed E-state index contributed by atoms with van der Waals surface area (Å²) in [4.78, 5) is 18.3. The van der Waals surface area contributed by atoms with Crippen molar-refractivity contribution in [2.24, 2.45) is 0 Å². The molecule has 2 aromatic rings. The Kier molecular flexibility index (Phi) is 4.71. The molecule has 2 rings (SSSR count). The van der Waals surface area contributed by atoms with Gasteiger partial charge in [-0.25, -0.2) is 4.98 Å². The highest BCUT2D eigenvalue weighted by Crippen LogP contribution is 2.11. The van der Waals surface area contributed by atoms with E-state index < -0.39 is 0 Å². The molecule has 0 aliphatic rings. The summed E-state index contributed by atoms with van der Waals surface area (Å²) in [6.45, 7) is 3.26. The first-order valence-electron chi connectivity index (χ1n) is 6.76. The number of nitrogens with zero attached hydrogens (tertiary/aromatic N) is 2. The van der Waals surface area contributed by atoms with Crippen LogP contribution in [0.2, 0.25) is 0 Å². The molecule has 0 saturated heterocycles. The Hall–Kier alpha value is -2.36. The third kappa shape index (κ3) is 3.35. The van der Waals surface area contributed by atoms with Gasteiger partial charge < -0.3 is 10.6 Å². The maximum Gasteiger partial charge on any atom is 0.274 e. The highest BCUT2D eigenvalue weighted by molar-refractivity contribution is 5.97. The number of benzene rings is 1. The molecule has 0 atom stereocenters. The second-order valence-electron chi connectivity index (χ2n) is 4.56. The van der Waals surface area contributed by atoms with E-state index in [1.165, 1.54) is 5.56 Å². The van der Waals surface area contributed by atoms with Crippen molar-refractivity contribution >= 4 is 11.6 Å². The SMILES string of the molecule is CCN(CCc1ccccc1)C(=O)c1ncccc1N. The summed E-state index contributed by atoms with van der Waals surface area (Å²) in [5, 5.41) is 0. The first kappa shape index (κ1) is 14.1. The zero-order valence-corrected chi connectivity index (χ0v) is 11.6. The lowest BCUT2D eigenvalue weighted by molar-refractivity contribution is 0.0761. The predicted octanol–water partition coefficient (Wildman–Crippen LogP) is 2.37. The van der Waals surface area contributed by atoms with Crippen molar-refractivity contribution in [3.63, 3.8) is 0 Å². The number of carbonyl (C=O) groups is 1. The summed E-state index contributed by atoms with van der Waals surface area (Å²) < 4.78 is 0. The molecule has 20 heavy (non-hydrogen) atoms. The van der Waals surface area contributed by atoms with Crippen LogP contribution in [0.5, 0.6) is 0 Å². The molecule has 0 spiro atoms. The predicted molar refractivity (Wildman–Crippen MR) is 80.4 cm³/mol. The summed E-state index contributed by atoms with van der Waals surface area (Å²) in [5.74, 6) is -0.110. The molecular formula is C16H19N3O. The first-order chi connectivity index (χ1) is 9.72. The summed E-state index contributed by atoms with van der Waals surface area (Å²) in [7, 11) is 0. The maximum atomic E-state index is 12.4. The molecule has 1 heterocycles. The van der Waals surface area contributed by atoms with Gasteiger partial charge in [-0.15, -0.1) is 0 Å². The van der Waals surface area contributed by atoms with Crippen molar-refractivity contribution in [2.45, 2.75) is 13.3 Å². The van der Waals surface area contributed by atoms with Crippen LogP contribution in [0.15, 0.2) is 48.7 Å². The van der Waals surface area contributed by atoms with Crippen LogP contribution in [0.4, 0.5) is 5.69 Å². The number of hydrogen-bond acceptors (Lipinski definition) is 3. The minimum absolute atomic E-state index is 0.110. The Morgan fingerprint density at radius 3 is 2.60 bits per heavy atom. The zero-order valence-electron chi connectivity index (χ0n) is 11.6. The van der Waals surface area contributed by atoms with Crippen LogP contribution in [0.3, 0.4) is 0 Å². The molecule has 0 fully saturated rings.